The number of anilines is 2. The number of amidine groups is 1. The highest BCUT2D eigenvalue weighted by Crippen LogP contribution is 2.22. The Morgan fingerprint density at radius 1 is 1.17 bits per heavy atom. The first-order chi connectivity index (χ1) is 10.9. The number of nitrogens with one attached hydrogen (secondary N) is 1. The molecule has 0 aromatic heterocycles. The zero-order valence-corrected chi connectivity index (χ0v) is 13.1. The van der Waals surface area contributed by atoms with E-state index in [1.807, 2.05) is 0 Å². The Balaban J connectivity index is 2.11. The summed E-state index contributed by atoms with van der Waals surface area (Å²) < 4.78 is 3.62. The molecule has 0 heterocycles. The third-order valence-corrected chi connectivity index (χ3v) is 3.47. The lowest BCUT2D eigenvalue weighted by Gasteiger charge is -2.08. The number of carbonyl (C=O) groups is 1. The minimum atomic E-state index is -0.275. The number of hydrogen-bond donors (Lipinski definition) is 5. The third-order valence-electron chi connectivity index (χ3n) is 3.27. The maximum atomic E-state index is 12.2. The van der Waals surface area contributed by atoms with Crippen LogP contribution in [0.5, 0.6) is 0 Å². The van der Waals surface area contributed by atoms with Crippen molar-refractivity contribution in [2.24, 2.45) is 10.1 Å². The number of carbonyl (C=O) groups excluding carboxylic acids is 1. The minimum absolute atomic E-state index is 0.0631. The van der Waals surface area contributed by atoms with Crippen LogP contribution in [0, 0.1) is 0 Å². The van der Waals surface area contributed by atoms with E-state index in [0.29, 0.717) is 34.7 Å². The van der Waals surface area contributed by atoms with E-state index in [0.717, 1.165) is 5.56 Å². The van der Waals surface area contributed by atoms with Crippen molar-refractivity contribution in [3.05, 3.63) is 53.1 Å². The predicted octanol–water partition coefficient (Wildman–Crippen LogP) is -0.393. The van der Waals surface area contributed by atoms with Crippen LogP contribution in [0.15, 0.2) is 40.8 Å². The Morgan fingerprint density at radius 2 is 1.91 bits per heavy atom. The molecule has 0 spiro atoms. The highest BCUT2D eigenvalue weighted by atomic mass is 32.1. The molecule has 0 radical (unpaired) electrons. The number of nitrogens with zero attached hydrogens (tertiary/aromatic N) is 1. The summed E-state index contributed by atoms with van der Waals surface area (Å²) in [5.41, 5.74) is 20.2. The largest absolute Gasteiger partial charge is 0.398 e. The van der Waals surface area contributed by atoms with E-state index >= 15 is 0 Å². The zero-order valence-electron chi connectivity index (χ0n) is 12.2. The fourth-order valence-electron chi connectivity index (χ4n) is 2.03. The number of hydrogen-bond acceptors (Lipinski definition) is 5. The summed E-state index contributed by atoms with van der Waals surface area (Å²) in [6, 6.07) is 9.95. The Hall–Kier alpha value is -3.00. The van der Waals surface area contributed by atoms with Crippen molar-refractivity contribution in [3.8, 4) is 0 Å². The van der Waals surface area contributed by atoms with Gasteiger partial charge in [0.15, 0.2) is 0 Å². The van der Waals surface area contributed by atoms with Crippen molar-refractivity contribution in [2.45, 2.75) is 6.54 Å². The van der Waals surface area contributed by atoms with E-state index in [-0.39, 0.29) is 11.7 Å². The Labute approximate surface area is 138 Å². The van der Waals surface area contributed by atoms with Gasteiger partial charge in [-0.1, -0.05) is 6.07 Å². The highest BCUT2D eigenvalue weighted by Gasteiger charge is 2.12. The summed E-state index contributed by atoms with van der Waals surface area (Å²) in [4.78, 5) is 12.2. The molecule has 0 saturated heterocycles. The van der Waals surface area contributed by atoms with Gasteiger partial charge in [0, 0.05) is 30.2 Å². The molecule has 0 atom stereocenters. The molecule has 1 amide bonds. The van der Waals surface area contributed by atoms with Crippen LogP contribution in [-0.4, -0.2) is 11.7 Å². The van der Waals surface area contributed by atoms with E-state index in [2.05, 4.69) is 22.1 Å². The smallest absolute Gasteiger partial charge is 0.272 e. The Morgan fingerprint density at radius 3 is 2.52 bits per heavy atom. The van der Waals surface area contributed by atoms with Gasteiger partial charge in [-0.2, -0.15) is 4.36 Å². The summed E-state index contributed by atoms with van der Waals surface area (Å²) in [5.74, 6) is -0.212. The lowest BCUT2D eigenvalue weighted by Crippen LogP contribution is -2.46. The van der Waals surface area contributed by atoms with Crippen LogP contribution in [0.3, 0.4) is 0 Å². The van der Waals surface area contributed by atoms with Crippen LogP contribution >= 0.6 is 0 Å². The molecule has 0 aliphatic rings. The summed E-state index contributed by atoms with van der Waals surface area (Å²) in [7, 11) is 0. The molecule has 8 heteroatoms. The van der Waals surface area contributed by atoms with Gasteiger partial charge in [-0.15, -0.1) is 0 Å². The predicted molar refractivity (Wildman–Crippen MR) is 92.6 cm³/mol. The van der Waals surface area contributed by atoms with Gasteiger partial charge in [-0.05, 0) is 35.9 Å². The normalized spacial score (nSPS) is 10.1. The topological polar surface area (TPSA) is 145 Å². The second-order valence-corrected chi connectivity index (χ2v) is 5.11. The van der Waals surface area contributed by atoms with Crippen molar-refractivity contribution in [3.63, 3.8) is 0 Å². The molecule has 2 aromatic rings. The van der Waals surface area contributed by atoms with E-state index in [9.17, 15) is 4.79 Å². The van der Waals surface area contributed by atoms with Gasteiger partial charge >= 0.3 is 0 Å². The van der Waals surface area contributed by atoms with Crippen LogP contribution in [0.2, 0.25) is 0 Å². The van der Waals surface area contributed by atoms with Gasteiger partial charge in [0.05, 0.1) is 16.9 Å². The Kier molecular flexibility index (Phi) is 4.87. The van der Waals surface area contributed by atoms with Crippen LogP contribution in [0.25, 0.3) is 0 Å². The molecule has 2 aromatic carbocycles. The first kappa shape index (κ1) is 16.4. The van der Waals surface area contributed by atoms with E-state index in [1.165, 1.54) is 0 Å². The second-order valence-electron chi connectivity index (χ2n) is 4.92. The number of rotatable bonds is 5. The van der Waals surface area contributed by atoms with Crippen molar-refractivity contribution in [1.82, 2.24) is 5.32 Å². The van der Waals surface area contributed by atoms with Gasteiger partial charge < -0.3 is 16.8 Å². The maximum Gasteiger partial charge on any atom is 0.272 e. The van der Waals surface area contributed by atoms with Gasteiger partial charge in [0.1, 0.15) is 0 Å². The summed E-state index contributed by atoms with van der Waals surface area (Å²) in [6.07, 6.45) is 0. The molecule has 118 valence electrons. The molecular weight excluding hydrogens is 312 g/mol. The van der Waals surface area contributed by atoms with Crippen molar-refractivity contribution < 1.29 is 10.2 Å². The van der Waals surface area contributed by atoms with Crippen LogP contribution in [-0.2, 0) is 19.0 Å². The number of benzene rings is 2. The van der Waals surface area contributed by atoms with Crippen LogP contribution in [0.1, 0.15) is 21.5 Å². The fourth-order valence-corrected chi connectivity index (χ4v) is 2.20. The fraction of sp³-hybridized carbons (Fsp3) is 0.0667. The maximum absolute atomic E-state index is 12.2. The Bertz CT molecular complexity index is 790. The summed E-state index contributed by atoms with van der Waals surface area (Å²) >= 11 is 4.61. The molecular formula is C15H17N6OS+. The van der Waals surface area contributed by atoms with Crippen LogP contribution < -0.4 is 27.9 Å². The average Bonchev–Trinajstić information content (AvgIpc) is 2.52. The average molecular weight is 329 g/mol. The molecule has 0 aliphatic carbocycles. The summed E-state index contributed by atoms with van der Waals surface area (Å²) in [5, 5.41) is 8.33. The number of nitrogens with two attached hydrogens (primary N) is 4. The first-order valence-corrected chi connectivity index (χ1v) is 7.06. The van der Waals surface area contributed by atoms with Crippen molar-refractivity contribution in [1.29, 1.82) is 0 Å². The molecule has 0 fully saturated rings. The van der Waals surface area contributed by atoms with Crippen molar-refractivity contribution in [2.75, 3.05) is 11.5 Å². The molecule has 0 aliphatic heterocycles. The number of nitrogen functional groups attached to an aromatic ring is 2. The van der Waals surface area contributed by atoms with Crippen LogP contribution in [0.4, 0.5) is 17.1 Å². The molecule has 0 bridgehead atoms. The molecule has 0 saturated carbocycles. The van der Waals surface area contributed by atoms with E-state index in [4.69, 9.17) is 22.6 Å². The van der Waals surface area contributed by atoms with Crippen molar-refractivity contribution >= 4 is 41.2 Å². The van der Waals surface area contributed by atoms with Gasteiger partial charge in [-0.25, -0.2) is 0 Å². The lowest BCUT2D eigenvalue weighted by atomic mass is 10.1. The standard InChI is InChI=1S/C15H16N6OS/c16-11-3-2-9(6-10(11)14(18)19)15(22)20-7-8-1-4-13(21-23)12(17)5-8/h1-6H,7,16-17H2,(H3,18,19)(H,20,22)/p+1. The van der Waals surface area contributed by atoms with Gasteiger partial charge in [0.2, 0.25) is 0 Å². The lowest BCUT2D eigenvalue weighted by molar-refractivity contribution is -0.114. The monoisotopic (exact) mass is 329 g/mol. The quantitative estimate of drug-likeness (QED) is 0.288. The first-order valence-electron chi connectivity index (χ1n) is 6.70. The SMILES string of the molecule is NC(=[NH2+])c1cc(C(=O)NCc2ccc(N=S)c(N)c2)ccc1N. The molecule has 9 N–H and O–H groups in total. The zero-order chi connectivity index (χ0) is 17.0. The van der Waals surface area contributed by atoms with Gasteiger partial charge in [-0.3, -0.25) is 15.9 Å². The molecule has 2 rings (SSSR count). The molecule has 0 unspecified atom stereocenters. The second kappa shape index (κ2) is 6.84. The summed E-state index contributed by atoms with van der Waals surface area (Å²) in [6.45, 7) is 0.308. The van der Waals surface area contributed by atoms with E-state index < -0.39 is 0 Å². The highest BCUT2D eigenvalue weighted by molar-refractivity contribution is 7.47. The molecule has 7 nitrogen and oxygen atoms in total. The van der Waals surface area contributed by atoms with E-state index in [1.54, 1.807) is 36.4 Å². The molecule has 23 heavy (non-hydrogen) atoms. The van der Waals surface area contributed by atoms with Gasteiger partial charge in [0.25, 0.3) is 11.7 Å². The number of amides is 1. The third kappa shape index (κ3) is 3.80. The minimum Gasteiger partial charge on any atom is -0.398 e.